The molecule has 1 amide bonds. The van der Waals surface area contributed by atoms with Crippen LogP contribution >= 0.6 is 11.3 Å². The molecule has 38 heavy (non-hydrogen) atoms. The Morgan fingerprint density at radius 1 is 1.05 bits per heavy atom. The normalized spacial score (nSPS) is 14.8. The van der Waals surface area contributed by atoms with Crippen LogP contribution < -0.4 is 15.8 Å². The van der Waals surface area contributed by atoms with Gasteiger partial charge in [-0.2, -0.15) is 0 Å². The number of anilines is 3. The number of amides is 1. The summed E-state index contributed by atoms with van der Waals surface area (Å²) in [7, 11) is -3.72. The Hall–Kier alpha value is -4.07. The number of nitrogens with one attached hydrogen (secondary N) is 2. The van der Waals surface area contributed by atoms with E-state index in [1.54, 1.807) is 24.5 Å². The number of rotatable bonds is 7. The highest BCUT2D eigenvalue weighted by atomic mass is 32.2. The van der Waals surface area contributed by atoms with Gasteiger partial charge in [-0.25, -0.2) is 32.9 Å². The molecule has 5 rings (SSSR count). The van der Waals surface area contributed by atoms with Crippen LogP contribution in [-0.2, 0) is 10.0 Å². The summed E-state index contributed by atoms with van der Waals surface area (Å²) in [4.78, 5) is 25.4. The van der Waals surface area contributed by atoms with Crippen molar-refractivity contribution in [2.45, 2.75) is 23.8 Å². The number of hydrogen-bond donors (Lipinski definition) is 4. The van der Waals surface area contributed by atoms with Gasteiger partial charge in [-0.15, -0.1) is 0 Å². The van der Waals surface area contributed by atoms with E-state index in [0.29, 0.717) is 42.7 Å². The fraction of sp³-hybridized carbons (Fsp3) is 0.200. The highest BCUT2D eigenvalue weighted by molar-refractivity contribution is 7.89. The van der Waals surface area contributed by atoms with Crippen LogP contribution in [0, 0.1) is 0 Å². The fourth-order valence-corrected chi connectivity index (χ4v) is 6.15. The third-order valence-corrected chi connectivity index (χ3v) is 8.46. The van der Waals surface area contributed by atoms with Crippen LogP contribution in [0.15, 0.2) is 59.8 Å². The topological polar surface area (TPSA) is 163 Å². The minimum Gasteiger partial charge on any atom is -0.465 e. The van der Waals surface area contributed by atoms with E-state index in [2.05, 4.69) is 25.0 Å². The van der Waals surface area contributed by atoms with Gasteiger partial charge in [-0.3, -0.25) is 0 Å². The predicted molar refractivity (Wildman–Crippen MR) is 148 cm³/mol. The molecule has 13 heteroatoms. The standard InChI is InChI=1S/C25H25N7O4S2/c26-23-30-21-8-3-16(13-22(21)37-23)1-2-17-14-27-24(28-15-17)29-18-4-6-20(7-5-18)38(35,36)31-19-9-11-32(12-10-19)25(33)34/h1-8,13-15,19,31H,9-12H2,(H2,26,30)(H,33,34)(H,27,28,29)/b2-1+. The molecule has 1 saturated heterocycles. The van der Waals surface area contributed by atoms with Crippen molar-refractivity contribution >= 4 is 66.6 Å². The monoisotopic (exact) mass is 551 g/mol. The third kappa shape index (κ3) is 6.07. The third-order valence-electron chi connectivity index (χ3n) is 6.08. The number of sulfonamides is 1. The van der Waals surface area contributed by atoms with Crippen LogP contribution in [0.4, 0.5) is 21.6 Å². The first-order valence-corrected chi connectivity index (χ1v) is 14.1. The molecule has 0 bridgehead atoms. The summed E-state index contributed by atoms with van der Waals surface area (Å²) in [5.41, 5.74) is 9.12. The van der Waals surface area contributed by atoms with Gasteiger partial charge >= 0.3 is 6.09 Å². The maximum absolute atomic E-state index is 12.8. The van der Waals surface area contributed by atoms with Gasteiger partial charge in [-0.1, -0.05) is 29.6 Å². The Balaban J connectivity index is 1.17. The fourth-order valence-electron chi connectivity index (χ4n) is 4.07. The highest BCUT2D eigenvalue weighted by Crippen LogP contribution is 2.25. The summed E-state index contributed by atoms with van der Waals surface area (Å²) in [6, 6.07) is 11.9. The number of aromatic nitrogens is 3. The number of piperidine rings is 1. The van der Waals surface area contributed by atoms with E-state index in [4.69, 9.17) is 10.8 Å². The van der Waals surface area contributed by atoms with Crippen LogP contribution in [0.3, 0.4) is 0 Å². The molecule has 0 atom stereocenters. The van der Waals surface area contributed by atoms with Crippen molar-refractivity contribution in [2.75, 3.05) is 24.1 Å². The van der Waals surface area contributed by atoms with Crippen LogP contribution in [0.1, 0.15) is 24.0 Å². The Morgan fingerprint density at radius 2 is 1.74 bits per heavy atom. The van der Waals surface area contributed by atoms with Gasteiger partial charge in [0.2, 0.25) is 16.0 Å². The lowest BCUT2D eigenvalue weighted by atomic mass is 10.1. The Labute approximate surface area is 223 Å². The summed E-state index contributed by atoms with van der Waals surface area (Å²) in [6.07, 6.45) is 7.13. The zero-order valence-corrected chi connectivity index (χ0v) is 21.7. The number of benzene rings is 2. The Bertz CT molecular complexity index is 1580. The SMILES string of the molecule is Nc1nc2ccc(/C=C/c3cnc(Nc4ccc(S(=O)(=O)NC5CCN(C(=O)O)CC5)cc4)nc3)cc2s1. The first-order chi connectivity index (χ1) is 18.2. The number of likely N-dealkylation sites (tertiary alicyclic amines) is 1. The molecule has 2 aromatic heterocycles. The minimum absolute atomic E-state index is 0.129. The number of thiazole rings is 1. The van der Waals surface area contributed by atoms with Gasteiger partial charge in [0.1, 0.15) is 0 Å². The van der Waals surface area contributed by atoms with E-state index >= 15 is 0 Å². The highest BCUT2D eigenvalue weighted by Gasteiger charge is 2.26. The molecule has 5 N–H and O–H groups in total. The lowest BCUT2D eigenvalue weighted by molar-refractivity contribution is 0.131. The van der Waals surface area contributed by atoms with E-state index in [0.717, 1.165) is 21.3 Å². The molecule has 3 heterocycles. The van der Waals surface area contributed by atoms with Crippen molar-refractivity contribution in [1.82, 2.24) is 24.6 Å². The molecule has 1 aliphatic heterocycles. The molecule has 2 aromatic carbocycles. The lowest BCUT2D eigenvalue weighted by Gasteiger charge is -2.30. The second kappa shape index (κ2) is 10.7. The summed E-state index contributed by atoms with van der Waals surface area (Å²) in [6.45, 7) is 0.607. The molecule has 0 radical (unpaired) electrons. The van der Waals surface area contributed by atoms with Gasteiger partial charge in [0, 0.05) is 42.8 Å². The molecule has 1 aliphatic rings. The number of fused-ring (bicyclic) bond motifs is 1. The molecule has 1 fully saturated rings. The number of nitrogens with two attached hydrogens (primary N) is 1. The quantitative estimate of drug-likeness (QED) is 0.266. The van der Waals surface area contributed by atoms with E-state index < -0.39 is 16.1 Å². The number of carboxylic acid groups (broad SMARTS) is 1. The molecule has 4 aromatic rings. The predicted octanol–water partition coefficient (Wildman–Crippen LogP) is 4.00. The van der Waals surface area contributed by atoms with Crippen LogP contribution in [0.2, 0.25) is 0 Å². The van der Waals surface area contributed by atoms with Crippen molar-refractivity contribution in [3.05, 3.63) is 66.0 Å². The zero-order valence-electron chi connectivity index (χ0n) is 20.1. The van der Waals surface area contributed by atoms with E-state index in [1.807, 2.05) is 30.4 Å². The molecule has 0 aliphatic carbocycles. The van der Waals surface area contributed by atoms with Crippen molar-refractivity contribution in [2.24, 2.45) is 0 Å². The van der Waals surface area contributed by atoms with Crippen molar-refractivity contribution in [1.29, 1.82) is 0 Å². The maximum Gasteiger partial charge on any atom is 0.407 e. The largest absolute Gasteiger partial charge is 0.465 e. The smallest absolute Gasteiger partial charge is 0.407 e. The van der Waals surface area contributed by atoms with Gasteiger partial charge in [0.05, 0.1) is 15.1 Å². The molecular formula is C25H25N7O4S2. The molecule has 196 valence electrons. The first-order valence-electron chi connectivity index (χ1n) is 11.8. The van der Waals surface area contributed by atoms with Gasteiger partial charge in [-0.05, 0) is 54.8 Å². The van der Waals surface area contributed by atoms with Crippen LogP contribution in [0.25, 0.3) is 22.4 Å². The van der Waals surface area contributed by atoms with Crippen molar-refractivity contribution in [3.8, 4) is 0 Å². The van der Waals surface area contributed by atoms with Gasteiger partial charge in [0.25, 0.3) is 0 Å². The molecular weight excluding hydrogens is 526 g/mol. The van der Waals surface area contributed by atoms with Gasteiger partial charge < -0.3 is 21.1 Å². The Kier molecular flexibility index (Phi) is 7.22. The van der Waals surface area contributed by atoms with Crippen molar-refractivity contribution < 1.29 is 18.3 Å². The lowest BCUT2D eigenvalue weighted by Crippen LogP contribution is -2.46. The molecule has 0 saturated carbocycles. The minimum atomic E-state index is -3.72. The van der Waals surface area contributed by atoms with E-state index in [1.165, 1.54) is 28.4 Å². The summed E-state index contributed by atoms with van der Waals surface area (Å²) >= 11 is 1.44. The van der Waals surface area contributed by atoms with E-state index in [-0.39, 0.29) is 10.9 Å². The number of nitrogen functional groups attached to an aromatic ring is 1. The van der Waals surface area contributed by atoms with Crippen molar-refractivity contribution in [3.63, 3.8) is 0 Å². The second-order valence-corrected chi connectivity index (χ2v) is 11.5. The summed E-state index contributed by atoms with van der Waals surface area (Å²) in [5, 5.41) is 12.6. The zero-order chi connectivity index (χ0) is 26.7. The maximum atomic E-state index is 12.8. The molecule has 0 unspecified atom stereocenters. The molecule has 0 spiro atoms. The number of nitrogens with zero attached hydrogens (tertiary/aromatic N) is 4. The van der Waals surface area contributed by atoms with E-state index in [9.17, 15) is 13.2 Å². The number of hydrogen-bond acceptors (Lipinski definition) is 9. The number of carbonyl (C=O) groups is 1. The van der Waals surface area contributed by atoms with Crippen LogP contribution in [-0.4, -0.2) is 58.6 Å². The molecule has 11 nitrogen and oxygen atoms in total. The average molecular weight is 552 g/mol. The Morgan fingerprint density at radius 3 is 2.42 bits per heavy atom. The second-order valence-electron chi connectivity index (χ2n) is 8.77. The first kappa shape index (κ1) is 25.6. The van der Waals surface area contributed by atoms with Crippen LogP contribution in [0.5, 0.6) is 0 Å². The summed E-state index contributed by atoms with van der Waals surface area (Å²) in [5.74, 6) is 0.377. The summed E-state index contributed by atoms with van der Waals surface area (Å²) < 4.78 is 29.2. The average Bonchev–Trinajstić information content (AvgIpc) is 3.28. The van der Waals surface area contributed by atoms with Gasteiger partial charge in [0.15, 0.2) is 5.13 Å².